The number of benzene rings is 1. The van der Waals surface area contributed by atoms with Gasteiger partial charge < -0.3 is 15.0 Å². The zero-order chi connectivity index (χ0) is 15.1. The number of likely N-dealkylation sites (N-methyl/N-ethyl adjacent to an activating group) is 1. The second kappa shape index (κ2) is 7.44. The van der Waals surface area contributed by atoms with Gasteiger partial charge in [-0.1, -0.05) is 6.92 Å². The molecular weight excluding hydrogens is 262 g/mol. The Kier molecular flexibility index (Phi) is 5.92. The minimum absolute atomic E-state index is 0.0585. The van der Waals surface area contributed by atoms with Crippen LogP contribution >= 0.6 is 0 Å². The molecule has 7 heteroatoms. The Balaban J connectivity index is 2.89. The van der Waals surface area contributed by atoms with Crippen molar-refractivity contribution in [2.24, 2.45) is 0 Å². The lowest BCUT2D eigenvalue weighted by molar-refractivity contribution is -0.384. The number of carbonyl (C=O) groups is 1. The molecule has 0 spiro atoms. The zero-order valence-corrected chi connectivity index (χ0v) is 11.9. The highest BCUT2D eigenvalue weighted by atomic mass is 16.6. The first kappa shape index (κ1) is 15.9. The Hall–Kier alpha value is -2.15. The molecule has 0 fully saturated rings. The van der Waals surface area contributed by atoms with Gasteiger partial charge in [0.25, 0.3) is 5.69 Å². The van der Waals surface area contributed by atoms with Crippen molar-refractivity contribution >= 4 is 17.3 Å². The highest BCUT2D eigenvalue weighted by Gasteiger charge is 2.16. The summed E-state index contributed by atoms with van der Waals surface area (Å²) in [5.74, 6) is -0.520. The van der Waals surface area contributed by atoms with E-state index in [9.17, 15) is 14.9 Å². The van der Waals surface area contributed by atoms with Gasteiger partial charge in [0.1, 0.15) is 5.69 Å². The number of methoxy groups -OCH3 is 1. The lowest BCUT2D eigenvalue weighted by Crippen LogP contribution is -2.25. The standard InChI is InChI=1S/C13H19N3O4/c1-4-15(2)8-7-14-11-9-10(13(17)20-3)5-6-12(11)16(18)19/h5-6,9,14H,4,7-8H2,1-3H3. The summed E-state index contributed by atoms with van der Waals surface area (Å²) in [5.41, 5.74) is 0.545. The number of anilines is 1. The van der Waals surface area contributed by atoms with Crippen molar-refractivity contribution in [2.45, 2.75) is 6.92 Å². The molecule has 0 radical (unpaired) electrons. The van der Waals surface area contributed by atoms with Crippen LogP contribution in [0.4, 0.5) is 11.4 Å². The highest BCUT2D eigenvalue weighted by molar-refractivity contribution is 5.91. The zero-order valence-electron chi connectivity index (χ0n) is 11.9. The fourth-order valence-corrected chi connectivity index (χ4v) is 1.62. The molecule has 0 amide bonds. The van der Waals surface area contributed by atoms with Crippen LogP contribution in [0.1, 0.15) is 17.3 Å². The van der Waals surface area contributed by atoms with Crippen molar-refractivity contribution in [3.8, 4) is 0 Å². The van der Waals surface area contributed by atoms with Gasteiger partial charge in [-0.25, -0.2) is 4.79 Å². The Morgan fingerprint density at radius 3 is 2.75 bits per heavy atom. The van der Waals surface area contributed by atoms with Gasteiger partial charge in [0.15, 0.2) is 0 Å². The van der Waals surface area contributed by atoms with E-state index in [0.29, 0.717) is 12.2 Å². The average Bonchev–Trinajstić information content (AvgIpc) is 2.45. The molecule has 0 saturated heterocycles. The van der Waals surface area contributed by atoms with Gasteiger partial charge in [-0.15, -0.1) is 0 Å². The van der Waals surface area contributed by atoms with Crippen LogP contribution in [0.3, 0.4) is 0 Å². The van der Waals surface area contributed by atoms with Crippen molar-refractivity contribution in [3.05, 3.63) is 33.9 Å². The first-order valence-electron chi connectivity index (χ1n) is 6.28. The maximum Gasteiger partial charge on any atom is 0.337 e. The van der Waals surface area contributed by atoms with Crippen molar-refractivity contribution in [3.63, 3.8) is 0 Å². The Morgan fingerprint density at radius 1 is 1.50 bits per heavy atom. The SMILES string of the molecule is CCN(C)CCNc1cc(C(=O)OC)ccc1[N+](=O)[O-]. The first-order valence-corrected chi connectivity index (χ1v) is 6.28. The number of hydrogen-bond donors (Lipinski definition) is 1. The molecule has 20 heavy (non-hydrogen) atoms. The third-order valence-corrected chi connectivity index (χ3v) is 2.96. The molecular formula is C13H19N3O4. The van der Waals surface area contributed by atoms with Crippen LogP contribution in [0.25, 0.3) is 0 Å². The minimum atomic E-state index is -0.520. The molecule has 1 N–H and O–H groups in total. The normalized spacial score (nSPS) is 10.4. The lowest BCUT2D eigenvalue weighted by atomic mass is 10.1. The molecule has 0 saturated carbocycles. The fraction of sp³-hybridized carbons (Fsp3) is 0.462. The number of nitrogens with one attached hydrogen (secondary N) is 1. The van der Waals surface area contributed by atoms with Crippen LogP contribution in [-0.2, 0) is 4.74 Å². The van der Waals surface area contributed by atoms with E-state index in [4.69, 9.17) is 0 Å². The molecule has 0 aliphatic rings. The van der Waals surface area contributed by atoms with Gasteiger partial charge in [-0.3, -0.25) is 10.1 Å². The highest BCUT2D eigenvalue weighted by Crippen LogP contribution is 2.25. The topological polar surface area (TPSA) is 84.7 Å². The van der Waals surface area contributed by atoms with E-state index < -0.39 is 10.9 Å². The number of nitro benzene ring substituents is 1. The summed E-state index contributed by atoms with van der Waals surface area (Å²) >= 11 is 0. The molecule has 1 aromatic carbocycles. The molecule has 0 aliphatic carbocycles. The summed E-state index contributed by atoms with van der Waals surface area (Å²) in [6.07, 6.45) is 0. The summed E-state index contributed by atoms with van der Waals surface area (Å²) in [6.45, 7) is 4.22. The number of nitro groups is 1. The van der Waals surface area contributed by atoms with Crippen molar-refractivity contribution in [1.82, 2.24) is 4.90 Å². The maximum atomic E-state index is 11.4. The van der Waals surface area contributed by atoms with Gasteiger partial charge in [0.2, 0.25) is 0 Å². The monoisotopic (exact) mass is 281 g/mol. The maximum absolute atomic E-state index is 11.4. The van der Waals surface area contributed by atoms with Crippen LogP contribution in [-0.4, -0.2) is 49.6 Å². The van der Waals surface area contributed by atoms with Gasteiger partial charge in [0.05, 0.1) is 17.6 Å². The van der Waals surface area contributed by atoms with E-state index in [0.717, 1.165) is 13.1 Å². The molecule has 0 aliphatic heterocycles. The van der Waals surface area contributed by atoms with Gasteiger partial charge >= 0.3 is 5.97 Å². The summed E-state index contributed by atoms with van der Waals surface area (Å²) in [7, 11) is 3.23. The summed E-state index contributed by atoms with van der Waals surface area (Å²) < 4.78 is 4.61. The third kappa shape index (κ3) is 4.20. The molecule has 0 heterocycles. The molecule has 1 aromatic rings. The third-order valence-electron chi connectivity index (χ3n) is 2.96. The summed E-state index contributed by atoms with van der Waals surface area (Å²) in [4.78, 5) is 24.0. The van der Waals surface area contributed by atoms with Crippen molar-refractivity contribution < 1.29 is 14.5 Å². The molecule has 110 valence electrons. The average molecular weight is 281 g/mol. The number of ether oxygens (including phenoxy) is 1. The van der Waals surface area contributed by atoms with Crippen LogP contribution in [0.2, 0.25) is 0 Å². The van der Waals surface area contributed by atoms with Crippen LogP contribution in [0.5, 0.6) is 0 Å². The second-order valence-corrected chi connectivity index (χ2v) is 4.30. The smallest absolute Gasteiger partial charge is 0.337 e. The van der Waals surface area contributed by atoms with E-state index >= 15 is 0 Å². The molecule has 0 unspecified atom stereocenters. The minimum Gasteiger partial charge on any atom is -0.465 e. The number of rotatable bonds is 7. The first-order chi connectivity index (χ1) is 9.49. The van der Waals surface area contributed by atoms with E-state index in [1.165, 1.54) is 25.3 Å². The Morgan fingerprint density at radius 2 is 2.20 bits per heavy atom. The van der Waals surface area contributed by atoms with Crippen LogP contribution < -0.4 is 5.32 Å². The van der Waals surface area contributed by atoms with E-state index in [1.54, 1.807) is 0 Å². The van der Waals surface area contributed by atoms with Gasteiger partial charge in [-0.05, 0) is 25.7 Å². The Labute approximate surface area is 117 Å². The van der Waals surface area contributed by atoms with E-state index in [2.05, 4.69) is 15.0 Å². The molecule has 0 aromatic heterocycles. The lowest BCUT2D eigenvalue weighted by Gasteiger charge is -2.15. The molecule has 0 bridgehead atoms. The quantitative estimate of drug-likeness (QED) is 0.465. The summed E-state index contributed by atoms with van der Waals surface area (Å²) in [6, 6.07) is 4.13. The van der Waals surface area contributed by atoms with E-state index in [-0.39, 0.29) is 11.3 Å². The van der Waals surface area contributed by atoms with Crippen LogP contribution in [0, 0.1) is 10.1 Å². The van der Waals surface area contributed by atoms with Gasteiger partial charge in [-0.2, -0.15) is 0 Å². The molecule has 0 atom stereocenters. The van der Waals surface area contributed by atoms with Crippen molar-refractivity contribution in [2.75, 3.05) is 39.1 Å². The number of nitrogens with zero attached hydrogens (tertiary/aromatic N) is 2. The predicted octanol–water partition coefficient (Wildman–Crippen LogP) is 1.74. The van der Waals surface area contributed by atoms with Crippen LogP contribution in [0.15, 0.2) is 18.2 Å². The number of hydrogen-bond acceptors (Lipinski definition) is 6. The van der Waals surface area contributed by atoms with E-state index in [1.807, 2.05) is 14.0 Å². The van der Waals surface area contributed by atoms with Gasteiger partial charge in [0, 0.05) is 19.2 Å². The molecule has 7 nitrogen and oxygen atoms in total. The largest absolute Gasteiger partial charge is 0.465 e. The van der Waals surface area contributed by atoms with Crippen molar-refractivity contribution in [1.29, 1.82) is 0 Å². The molecule has 1 rings (SSSR count). The predicted molar refractivity (Wildman–Crippen MR) is 76.1 cm³/mol. The Bertz CT molecular complexity index is 491. The second-order valence-electron chi connectivity index (χ2n) is 4.30. The summed E-state index contributed by atoms with van der Waals surface area (Å²) in [5, 5.41) is 14.0. The number of esters is 1. The number of carbonyl (C=O) groups excluding carboxylic acids is 1. The fourth-order valence-electron chi connectivity index (χ4n) is 1.62.